The minimum absolute atomic E-state index is 0.0324. The van der Waals surface area contributed by atoms with Crippen molar-refractivity contribution < 1.29 is 23.8 Å². The van der Waals surface area contributed by atoms with Crippen LogP contribution in [-0.2, 0) is 31.8 Å². The van der Waals surface area contributed by atoms with Gasteiger partial charge >= 0.3 is 0 Å². The molecule has 5 aromatic rings. The SMILES string of the molecule is Cc1c(C(=O)N(c2cc[c]cc2)c2cnn(C)c2)cc(-c2cc3c(cc2C(=O)N2Cc4ccccc4C[C@H]2CN2CCOCC2)OCCO3)n1C. The van der Waals surface area contributed by atoms with Gasteiger partial charge in [-0.1, -0.05) is 36.4 Å². The first-order chi connectivity index (χ1) is 24.9. The van der Waals surface area contributed by atoms with Crippen LogP contribution in [0.2, 0.25) is 0 Å². The molecule has 11 heteroatoms. The number of hydrogen-bond donors (Lipinski definition) is 0. The van der Waals surface area contributed by atoms with Gasteiger partial charge < -0.3 is 23.7 Å². The summed E-state index contributed by atoms with van der Waals surface area (Å²) in [5.41, 5.74) is 6.96. The molecule has 0 N–H and O–H groups in total. The first-order valence-corrected chi connectivity index (χ1v) is 17.4. The van der Waals surface area contributed by atoms with E-state index in [9.17, 15) is 4.79 Å². The second-order valence-electron chi connectivity index (χ2n) is 13.4. The predicted molar refractivity (Wildman–Crippen MR) is 193 cm³/mol. The number of ether oxygens (including phenoxy) is 3. The minimum atomic E-state index is -0.211. The van der Waals surface area contributed by atoms with E-state index in [4.69, 9.17) is 14.2 Å². The molecule has 2 aromatic heterocycles. The zero-order valence-electron chi connectivity index (χ0n) is 29.2. The summed E-state index contributed by atoms with van der Waals surface area (Å²) >= 11 is 0. The molecule has 51 heavy (non-hydrogen) atoms. The average molecular weight is 686 g/mol. The van der Waals surface area contributed by atoms with Crippen molar-refractivity contribution in [2.75, 3.05) is 51.0 Å². The van der Waals surface area contributed by atoms with Gasteiger partial charge in [-0.25, -0.2) is 0 Å². The molecule has 1 saturated heterocycles. The summed E-state index contributed by atoms with van der Waals surface area (Å²) in [5, 5.41) is 4.34. The maximum atomic E-state index is 15.0. The van der Waals surface area contributed by atoms with Crippen LogP contribution < -0.4 is 14.4 Å². The molecule has 11 nitrogen and oxygen atoms in total. The molecule has 1 fully saturated rings. The second kappa shape index (κ2) is 13.7. The van der Waals surface area contributed by atoms with E-state index < -0.39 is 0 Å². The zero-order chi connectivity index (χ0) is 35.1. The van der Waals surface area contributed by atoms with Crippen LogP contribution in [0.15, 0.2) is 79.1 Å². The molecule has 0 spiro atoms. The molecule has 261 valence electrons. The van der Waals surface area contributed by atoms with Crippen LogP contribution in [0.1, 0.15) is 37.5 Å². The Kier molecular flexibility index (Phi) is 8.83. The van der Waals surface area contributed by atoms with Gasteiger partial charge in [-0.15, -0.1) is 0 Å². The molecule has 0 unspecified atom stereocenters. The highest BCUT2D eigenvalue weighted by Crippen LogP contribution is 2.41. The first-order valence-electron chi connectivity index (χ1n) is 17.4. The van der Waals surface area contributed by atoms with Gasteiger partial charge in [-0.2, -0.15) is 5.10 Å². The Hall–Kier alpha value is -5.39. The standard InChI is InChI=1S/C40H41N6O5/c1-27-33(40(48)46(30-11-5-4-6-12-30)32-23-41-42(2)25-32)20-36(43(27)3)34-21-37-38(51-18-17-50-37)22-35(34)39(47)45-24-29-10-8-7-9-28(29)19-31(45)26-44-13-15-49-16-14-44/h5-12,20-23,25,31H,13-19,24,26H2,1-3H3/t31-/m0/s1. The van der Waals surface area contributed by atoms with E-state index in [2.05, 4.69) is 34.3 Å². The largest absolute Gasteiger partial charge is 0.486 e. The van der Waals surface area contributed by atoms with Gasteiger partial charge in [0.1, 0.15) is 13.2 Å². The molecule has 2 amide bonds. The Morgan fingerprint density at radius 3 is 2.35 bits per heavy atom. The summed E-state index contributed by atoms with van der Waals surface area (Å²) in [6, 6.07) is 24.3. The Morgan fingerprint density at radius 2 is 1.63 bits per heavy atom. The number of rotatable bonds is 7. The number of anilines is 2. The van der Waals surface area contributed by atoms with Crippen LogP contribution >= 0.6 is 0 Å². The Labute approximate surface area is 297 Å². The highest BCUT2D eigenvalue weighted by atomic mass is 16.6. The number of morpholine rings is 1. The molecule has 3 aliphatic rings. The molecule has 1 radical (unpaired) electrons. The quantitative estimate of drug-likeness (QED) is 0.233. The number of nitrogens with zero attached hydrogens (tertiary/aromatic N) is 6. The van der Waals surface area contributed by atoms with Crippen molar-refractivity contribution in [2.45, 2.75) is 25.9 Å². The van der Waals surface area contributed by atoms with E-state index in [-0.39, 0.29) is 17.9 Å². The van der Waals surface area contributed by atoms with Gasteiger partial charge in [0.2, 0.25) is 0 Å². The van der Waals surface area contributed by atoms with Crippen molar-refractivity contribution in [3.8, 4) is 22.8 Å². The van der Waals surface area contributed by atoms with E-state index in [1.165, 1.54) is 5.56 Å². The number of aromatic nitrogens is 3. The molecule has 8 rings (SSSR count). The maximum absolute atomic E-state index is 15.0. The number of benzene rings is 3. The van der Waals surface area contributed by atoms with E-state index in [1.807, 2.05) is 73.1 Å². The summed E-state index contributed by atoms with van der Waals surface area (Å²) in [7, 11) is 3.75. The molecule has 0 saturated carbocycles. The molecule has 0 bridgehead atoms. The van der Waals surface area contributed by atoms with Crippen LogP contribution in [0.5, 0.6) is 11.5 Å². The summed E-state index contributed by atoms with van der Waals surface area (Å²) in [4.78, 5) is 35.7. The highest BCUT2D eigenvalue weighted by molar-refractivity contribution is 6.12. The van der Waals surface area contributed by atoms with Crippen molar-refractivity contribution in [1.82, 2.24) is 24.1 Å². The summed E-state index contributed by atoms with van der Waals surface area (Å²) in [6.45, 7) is 7.06. The first kappa shape index (κ1) is 32.8. The monoisotopic (exact) mass is 685 g/mol. The number of hydrogen-bond acceptors (Lipinski definition) is 7. The fraction of sp³-hybridized carbons (Fsp3) is 0.325. The lowest BCUT2D eigenvalue weighted by molar-refractivity contribution is 0.0193. The van der Waals surface area contributed by atoms with Crippen molar-refractivity contribution in [1.29, 1.82) is 0 Å². The van der Waals surface area contributed by atoms with Crippen LogP contribution in [-0.4, -0.2) is 88.1 Å². The third-order valence-corrected chi connectivity index (χ3v) is 10.3. The molecule has 3 aromatic carbocycles. The van der Waals surface area contributed by atoms with Crippen molar-refractivity contribution in [3.05, 3.63) is 113 Å². The molecule has 0 aliphatic carbocycles. The number of fused-ring (bicyclic) bond motifs is 2. The van der Waals surface area contributed by atoms with Crippen LogP contribution in [0, 0.1) is 13.0 Å². The van der Waals surface area contributed by atoms with Gasteiger partial charge in [0.25, 0.3) is 11.8 Å². The average Bonchev–Trinajstić information content (AvgIpc) is 3.72. The normalized spacial score (nSPS) is 17.2. The van der Waals surface area contributed by atoms with Crippen molar-refractivity contribution >= 4 is 23.2 Å². The zero-order valence-corrected chi connectivity index (χ0v) is 29.2. The number of carbonyl (C=O) groups excluding carboxylic acids is 2. The minimum Gasteiger partial charge on any atom is -0.486 e. The van der Waals surface area contributed by atoms with Gasteiger partial charge in [0, 0.05) is 75.2 Å². The molecule has 1 atom stereocenters. The van der Waals surface area contributed by atoms with E-state index in [0.29, 0.717) is 72.5 Å². The van der Waals surface area contributed by atoms with Crippen LogP contribution in [0.25, 0.3) is 11.3 Å². The molecule has 3 aliphatic heterocycles. The highest BCUT2D eigenvalue weighted by Gasteiger charge is 2.35. The Morgan fingerprint density at radius 1 is 0.902 bits per heavy atom. The van der Waals surface area contributed by atoms with Crippen molar-refractivity contribution in [2.24, 2.45) is 14.1 Å². The lowest BCUT2D eigenvalue weighted by Crippen LogP contribution is -2.52. The van der Waals surface area contributed by atoms with Gasteiger partial charge in [0.05, 0.1) is 36.2 Å². The predicted octanol–water partition coefficient (Wildman–Crippen LogP) is 5.18. The van der Waals surface area contributed by atoms with Crippen molar-refractivity contribution in [3.63, 3.8) is 0 Å². The summed E-state index contributed by atoms with van der Waals surface area (Å²) < 4.78 is 21.4. The van der Waals surface area contributed by atoms with Gasteiger partial charge in [-0.3, -0.25) is 24.1 Å². The van der Waals surface area contributed by atoms with Crippen LogP contribution in [0.4, 0.5) is 11.4 Å². The molecule has 5 heterocycles. The third kappa shape index (κ3) is 6.28. The fourth-order valence-corrected chi connectivity index (χ4v) is 7.43. The maximum Gasteiger partial charge on any atom is 0.264 e. The van der Waals surface area contributed by atoms with E-state index in [0.717, 1.165) is 43.0 Å². The van der Waals surface area contributed by atoms with Gasteiger partial charge in [0.15, 0.2) is 11.5 Å². The summed E-state index contributed by atoms with van der Waals surface area (Å²) in [5.74, 6) is 0.823. The number of carbonyl (C=O) groups is 2. The lowest BCUT2D eigenvalue weighted by Gasteiger charge is -2.40. The lowest BCUT2D eigenvalue weighted by atomic mass is 9.92. The Bertz CT molecular complexity index is 2080. The molecular formula is C40H41N6O5. The topological polar surface area (TPSA) is 94.3 Å². The number of aryl methyl sites for hydroxylation is 1. The smallest absolute Gasteiger partial charge is 0.264 e. The fourth-order valence-electron chi connectivity index (χ4n) is 7.43. The van der Waals surface area contributed by atoms with E-state index >= 15 is 4.79 Å². The van der Waals surface area contributed by atoms with Crippen LogP contribution in [0.3, 0.4) is 0 Å². The van der Waals surface area contributed by atoms with E-state index in [1.54, 1.807) is 27.9 Å². The Balaban J connectivity index is 1.21. The third-order valence-electron chi connectivity index (χ3n) is 10.3. The second-order valence-corrected chi connectivity index (χ2v) is 13.4. The number of amides is 2. The van der Waals surface area contributed by atoms with Gasteiger partial charge in [-0.05, 0) is 60.9 Å². The summed E-state index contributed by atoms with van der Waals surface area (Å²) in [6.07, 6.45) is 4.26. The molecular weight excluding hydrogens is 644 g/mol.